The Hall–Kier alpha value is -1.42. The van der Waals surface area contributed by atoms with Gasteiger partial charge in [0.2, 0.25) is 12.3 Å². The van der Waals surface area contributed by atoms with Crippen molar-refractivity contribution in [1.82, 2.24) is 5.32 Å². The van der Waals surface area contributed by atoms with Crippen LogP contribution in [0.2, 0.25) is 0 Å². The van der Waals surface area contributed by atoms with Gasteiger partial charge >= 0.3 is 11.9 Å². The van der Waals surface area contributed by atoms with Crippen LogP contribution in [0, 0.1) is 0 Å². The molecule has 0 bridgehead atoms. The second-order valence-electron chi connectivity index (χ2n) is 3.34. The molecule has 1 unspecified atom stereocenters. The molecule has 10 heteroatoms. The molecule has 8 nitrogen and oxygen atoms in total. The van der Waals surface area contributed by atoms with Gasteiger partial charge in [0, 0.05) is 18.4 Å². The van der Waals surface area contributed by atoms with Crippen molar-refractivity contribution in [2.45, 2.75) is 33.2 Å². The highest BCUT2D eigenvalue weighted by Crippen LogP contribution is 2.23. The molecule has 0 aliphatic rings. The van der Waals surface area contributed by atoms with Gasteiger partial charge < -0.3 is 20.5 Å². The number of hydrogen-bond donors (Lipinski definition) is 2. The Labute approximate surface area is 145 Å². The van der Waals surface area contributed by atoms with Gasteiger partial charge in [0.05, 0.1) is 20.6 Å². The van der Waals surface area contributed by atoms with E-state index in [2.05, 4.69) is 20.5 Å². The predicted molar refractivity (Wildman–Crippen MR) is 92.8 cm³/mol. The van der Waals surface area contributed by atoms with E-state index in [9.17, 15) is 14.4 Å². The summed E-state index contributed by atoms with van der Waals surface area (Å²) in [5.41, 5.74) is 4.17. The number of amides is 2. The third kappa shape index (κ3) is 20.6. The lowest BCUT2D eigenvalue weighted by molar-refractivity contribution is -0.144. The van der Waals surface area contributed by atoms with Crippen LogP contribution in [0.25, 0.3) is 0 Å². The average Bonchev–Trinajstić information content (AvgIpc) is 2.54. The number of hydrogen-bond acceptors (Lipinski definition) is 8. The van der Waals surface area contributed by atoms with Crippen molar-refractivity contribution >= 4 is 45.8 Å². The van der Waals surface area contributed by atoms with Crippen molar-refractivity contribution in [3.63, 3.8) is 0 Å². The molecule has 0 saturated heterocycles. The molecule has 0 saturated carbocycles. The number of nitrogens with one attached hydrogen (secondary N) is 1. The maximum atomic E-state index is 11.3. The Balaban J connectivity index is -0.000000710. The van der Waals surface area contributed by atoms with E-state index in [4.69, 9.17) is 4.79 Å². The monoisotopic (exact) mass is 370 g/mol. The van der Waals surface area contributed by atoms with Crippen molar-refractivity contribution in [1.29, 1.82) is 0 Å². The number of rotatable bonds is 8. The van der Waals surface area contributed by atoms with Crippen LogP contribution in [0.5, 0.6) is 0 Å². The minimum Gasteiger partial charge on any atom is -0.469 e. The van der Waals surface area contributed by atoms with Crippen LogP contribution >= 0.6 is 21.6 Å². The second-order valence-corrected chi connectivity index (χ2v) is 5.97. The first-order chi connectivity index (χ1) is 10.9. The molecule has 136 valence electrons. The molecule has 0 aromatic heterocycles. The fraction of sp³-hybridized carbons (Fsp3) is 0.692. The molecule has 0 spiro atoms. The Morgan fingerprint density at radius 2 is 1.70 bits per heavy atom. The maximum Gasteiger partial charge on any atom is 0.329 e. The van der Waals surface area contributed by atoms with Crippen molar-refractivity contribution in [3.05, 3.63) is 0 Å². The lowest BCUT2D eigenvalue weighted by atomic mass is 10.3. The number of methoxy groups -OCH3 is 2. The Bertz CT molecular complexity index is 342. The third-order valence-electron chi connectivity index (χ3n) is 1.80. The van der Waals surface area contributed by atoms with Crippen molar-refractivity contribution in [2.75, 3.05) is 25.7 Å². The highest BCUT2D eigenvalue weighted by Gasteiger charge is 2.20. The van der Waals surface area contributed by atoms with E-state index in [0.717, 1.165) is 0 Å². The predicted octanol–water partition coefficient (Wildman–Crippen LogP) is 0.736. The Morgan fingerprint density at radius 1 is 1.17 bits per heavy atom. The van der Waals surface area contributed by atoms with Gasteiger partial charge in [-0.1, -0.05) is 35.4 Å². The molecule has 0 aromatic rings. The van der Waals surface area contributed by atoms with Crippen LogP contribution in [0.4, 0.5) is 0 Å². The highest BCUT2D eigenvalue weighted by atomic mass is 33.1. The summed E-state index contributed by atoms with van der Waals surface area (Å²) in [6.45, 7) is 5.34. The van der Waals surface area contributed by atoms with Crippen LogP contribution < -0.4 is 11.1 Å². The number of nitrogens with two attached hydrogens (primary N) is 1. The zero-order valence-electron chi connectivity index (χ0n) is 14.1. The van der Waals surface area contributed by atoms with Crippen molar-refractivity contribution < 1.29 is 28.7 Å². The SMILES string of the molecule is CC.COC(=O)CCSSCC(NC(C)=O)C(=O)OC.NC=O. The first-order valence-corrected chi connectivity index (χ1v) is 9.23. The highest BCUT2D eigenvalue weighted by molar-refractivity contribution is 8.76. The summed E-state index contributed by atoms with van der Waals surface area (Å²) in [4.78, 5) is 41.6. The summed E-state index contributed by atoms with van der Waals surface area (Å²) < 4.78 is 9.07. The maximum absolute atomic E-state index is 11.3. The van der Waals surface area contributed by atoms with Gasteiger partial charge in [0.1, 0.15) is 6.04 Å². The molecule has 0 heterocycles. The first kappa shape index (κ1) is 26.5. The van der Waals surface area contributed by atoms with E-state index in [1.165, 1.54) is 42.7 Å². The lowest BCUT2D eigenvalue weighted by Gasteiger charge is -2.14. The van der Waals surface area contributed by atoms with Gasteiger partial charge in [0.15, 0.2) is 0 Å². The normalized spacial score (nSPS) is 9.78. The van der Waals surface area contributed by atoms with E-state index in [0.29, 0.717) is 17.9 Å². The van der Waals surface area contributed by atoms with E-state index in [-0.39, 0.29) is 18.3 Å². The number of carbonyl (C=O) groups excluding carboxylic acids is 4. The van der Waals surface area contributed by atoms with Gasteiger partial charge in [-0.3, -0.25) is 14.4 Å². The Kier molecular flexibility index (Phi) is 23.7. The number of primary amides is 1. The van der Waals surface area contributed by atoms with Gasteiger partial charge in [-0.15, -0.1) is 0 Å². The Morgan fingerprint density at radius 3 is 2.09 bits per heavy atom. The summed E-state index contributed by atoms with van der Waals surface area (Å²) in [6.07, 6.45) is 0.567. The second kappa shape index (κ2) is 20.6. The van der Waals surface area contributed by atoms with Crippen LogP contribution in [-0.2, 0) is 28.7 Å². The fourth-order valence-electron chi connectivity index (χ4n) is 0.958. The van der Waals surface area contributed by atoms with E-state index in [1.54, 1.807) is 0 Å². The van der Waals surface area contributed by atoms with Gasteiger partial charge in [-0.05, 0) is 0 Å². The summed E-state index contributed by atoms with van der Waals surface area (Å²) in [5.74, 6) is -0.0602. The largest absolute Gasteiger partial charge is 0.469 e. The molecule has 0 fully saturated rings. The molecule has 0 aliphatic heterocycles. The van der Waals surface area contributed by atoms with Gasteiger partial charge in [-0.25, -0.2) is 4.79 Å². The van der Waals surface area contributed by atoms with Crippen LogP contribution in [0.3, 0.4) is 0 Å². The molecule has 1 atom stereocenters. The average molecular weight is 370 g/mol. The lowest BCUT2D eigenvalue weighted by Crippen LogP contribution is -2.42. The molecule has 23 heavy (non-hydrogen) atoms. The molecule has 0 aliphatic carbocycles. The third-order valence-corrected chi connectivity index (χ3v) is 4.21. The van der Waals surface area contributed by atoms with Crippen LogP contribution in [0.15, 0.2) is 0 Å². The molecular formula is C13H26N2O6S2. The minimum absolute atomic E-state index is 0.250. The standard InChI is InChI=1S/C10H17NO5S2.C2H6.CH3NO/c1-7(12)11-8(10(14)16-3)6-18-17-5-4-9(13)15-2;1-2;2-1-3/h8H,4-6H2,1-3H3,(H,11,12);1-2H3;1H,(H2,2,3). The molecular weight excluding hydrogens is 344 g/mol. The van der Waals surface area contributed by atoms with E-state index >= 15 is 0 Å². The van der Waals surface area contributed by atoms with Crippen molar-refractivity contribution in [3.8, 4) is 0 Å². The van der Waals surface area contributed by atoms with Crippen molar-refractivity contribution in [2.24, 2.45) is 5.73 Å². The van der Waals surface area contributed by atoms with Crippen LogP contribution in [0.1, 0.15) is 27.2 Å². The summed E-state index contributed by atoms with van der Waals surface area (Å²) in [7, 11) is 5.44. The zero-order valence-corrected chi connectivity index (χ0v) is 15.8. The summed E-state index contributed by atoms with van der Waals surface area (Å²) in [6, 6.07) is -0.664. The quantitative estimate of drug-likeness (QED) is 0.277. The topological polar surface area (TPSA) is 125 Å². The van der Waals surface area contributed by atoms with Gasteiger partial charge in [-0.2, -0.15) is 0 Å². The summed E-state index contributed by atoms with van der Waals surface area (Å²) >= 11 is 0. The number of esters is 2. The fourth-order valence-corrected chi connectivity index (χ4v) is 3.08. The summed E-state index contributed by atoms with van der Waals surface area (Å²) in [5, 5.41) is 2.50. The van der Waals surface area contributed by atoms with Gasteiger partial charge in [0.25, 0.3) is 0 Å². The molecule has 3 N–H and O–H groups in total. The zero-order chi connectivity index (χ0) is 18.7. The van der Waals surface area contributed by atoms with Crippen LogP contribution in [-0.4, -0.2) is 56.0 Å². The molecule has 0 radical (unpaired) electrons. The number of carbonyl (C=O) groups is 4. The van der Waals surface area contributed by atoms with E-state index in [1.807, 2.05) is 13.8 Å². The molecule has 0 aromatic carbocycles. The van der Waals surface area contributed by atoms with E-state index < -0.39 is 12.0 Å². The minimum atomic E-state index is -0.664. The number of ether oxygens (including phenoxy) is 2. The smallest absolute Gasteiger partial charge is 0.329 e. The molecule has 0 rings (SSSR count). The molecule has 2 amide bonds. The first-order valence-electron chi connectivity index (χ1n) is 6.74.